The van der Waals surface area contributed by atoms with Gasteiger partial charge in [-0.2, -0.15) is 0 Å². The molecule has 126 valence electrons. The van der Waals surface area contributed by atoms with Crippen LogP contribution in [-0.2, 0) is 6.42 Å². The molecular weight excluding hydrogens is 387 g/mol. The Bertz CT molecular complexity index is 429. The third-order valence-corrected chi connectivity index (χ3v) is 3.57. The Morgan fingerprint density at radius 3 is 2.27 bits per heavy atom. The van der Waals surface area contributed by atoms with Gasteiger partial charge in [0.15, 0.2) is 5.96 Å². The van der Waals surface area contributed by atoms with Gasteiger partial charge in [0.05, 0.1) is 0 Å². The fraction of sp³-hybridized carbons (Fsp3) is 0.588. The van der Waals surface area contributed by atoms with E-state index in [1.807, 2.05) is 7.05 Å². The second-order valence-corrected chi connectivity index (χ2v) is 5.56. The quantitative estimate of drug-likeness (QED) is 0.419. The molecule has 1 rings (SSSR count). The van der Waals surface area contributed by atoms with Gasteiger partial charge in [0.25, 0.3) is 0 Å². The maximum atomic E-state index is 4.33. The second kappa shape index (κ2) is 11.6. The molecule has 1 aromatic rings. The molecule has 1 aromatic carbocycles. The predicted octanol–water partition coefficient (Wildman–Crippen LogP) is 3.22. The number of aliphatic imine (C=N–C) groups is 1. The Hall–Kier alpha value is -0.980. The van der Waals surface area contributed by atoms with Crippen molar-refractivity contribution in [1.82, 2.24) is 10.2 Å². The molecule has 0 heterocycles. The average Bonchev–Trinajstić information content (AvgIpc) is 2.49. The third kappa shape index (κ3) is 7.33. The summed E-state index contributed by atoms with van der Waals surface area (Å²) in [6.07, 6.45) is 3.41. The van der Waals surface area contributed by atoms with E-state index in [1.54, 1.807) is 0 Å². The number of hydrogen-bond acceptors (Lipinski definition) is 2. The van der Waals surface area contributed by atoms with Crippen LogP contribution in [0.25, 0.3) is 0 Å². The van der Waals surface area contributed by atoms with Gasteiger partial charge in [-0.15, -0.1) is 24.0 Å². The van der Waals surface area contributed by atoms with Gasteiger partial charge in [0.1, 0.15) is 0 Å². The zero-order valence-corrected chi connectivity index (χ0v) is 16.9. The van der Waals surface area contributed by atoms with E-state index in [1.165, 1.54) is 24.1 Å². The van der Waals surface area contributed by atoms with Crippen LogP contribution >= 0.6 is 24.0 Å². The highest BCUT2D eigenvalue weighted by atomic mass is 127. The van der Waals surface area contributed by atoms with Crippen molar-refractivity contribution in [3.05, 3.63) is 29.8 Å². The van der Waals surface area contributed by atoms with E-state index in [-0.39, 0.29) is 24.0 Å². The molecule has 0 amide bonds. The topological polar surface area (TPSA) is 30.9 Å². The third-order valence-electron chi connectivity index (χ3n) is 3.57. The van der Waals surface area contributed by atoms with Crippen molar-refractivity contribution >= 4 is 35.6 Å². The summed E-state index contributed by atoms with van der Waals surface area (Å²) >= 11 is 0. The van der Waals surface area contributed by atoms with E-state index in [9.17, 15) is 0 Å². The van der Waals surface area contributed by atoms with Crippen LogP contribution in [0.4, 0.5) is 5.69 Å². The van der Waals surface area contributed by atoms with Gasteiger partial charge in [0.2, 0.25) is 0 Å². The van der Waals surface area contributed by atoms with E-state index in [4.69, 9.17) is 0 Å². The normalized spacial score (nSPS) is 10.9. The van der Waals surface area contributed by atoms with Crippen molar-refractivity contribution in [2.45, 2.75) is 26.2 Å². The summed E-state index contributed by atoms with van der Waals surface area (Å²) in [7, 11) is 8.06. The highest BCUT2D eigenvalue weighted by Crippen LogP contribution is 2.12. The van der Waals surface area contributed by atoms with Crippen LogP contribution in [-0.4, -0.2) is 52.1 Å². The standard InChI is InChI=1S/C17H30N4.HI/c1-6-7-14-21(5)17(18-2)19-13-12-15-8-10-16(11-9-15)20(3)4;/h8-11H,6-7,12-14H2,1-5H3,(H,18,19);1H. The van der Waals surface area contributed by atoms with Gasteiger partial charge in [-0.1, -0.05) is 25.5 Å². The molecule has 4 nitrogen and oxygen atoms in total. The second-order valence-electron chi connectivity index (χ2n) is 5.56. The lowest BCUT2D eigenvalue weighted by Gasteiger charge is -2.21. The zero-order valence-electron chi connectivity index (χ0n) is 14.6. The van der Waals surface area contributed by atoms with Crippen LogP contribution in [0.15, 0.2) is 29.3 Å². The Kier molecular flexibility index (Phi) is 11.1. The van der Waals surface area contributed by atoms with Gasteiger partial charge in [-0.05, 0) is 30.5 Å². The predicted molar refractivity (Wildman–Crippen MR) is 109 cm³/mol. The molecule has 0 unspecified atom stereocenters. The lowest BCUT2D eigenvalue weighted by atomic mass is 10.1. The summed E-state index contributed by atoms with van der Waals surface area (Å²) in [6.45, 7) is 4.17. The van der Waals surface area contributed by atoms with Crippen LogP contribution in [0.3, 0.4) is 0 Å². The number of nitrogens with zero attached hydrogens (tertiary/aromatic N) is 3. The van der Waals surface area contributed by atoms with E-state index in [0.29, 0.717) is 0 Å². The Morgan fingerprint density at radius 2 is 1.77 bits per heavy atom. The molecule has 0 saturated carbocycles. The molecule has 0 saturated heterocycles. The van der Waals surface area contributed by atoms with Crippen molar-refractivity contribution in [3.63, 3.8) is 0 Å². The average molecular weight is 418 g/mol. The van der Waals surface area contributed by atoms with Gasteiger partial charge < -0.3 is 15.1 Å². The Labute approximate surface area is 153 Å². The minimum atomic E-state index is 0. The number of benzene rings is 1. The molecule has 0 aromatic heterocycles. The summed E-state index contributed by atoms with van der Waals surface area (Å²) in [4.78, 5) is 8.64. The molecule has 0 aliphatic rings. The molecule has 0 atom stereocenters. The van der Waals surface area contributed by atoms with Crippen LogP contribution < -0.4 is 10.2 Å². The largest absolute Gasteiger partial charge is 0.378 e. The first kappa shape index (κ1) is 21.0. The highest BCUT2D eigenvalue weighted by Gasteiger charge is 2.04. The first-order valence-electron chi connectivity index (χ1n) is 7.76. The highest BCUT2D eigenvalue weighted by molar-refractivity contribution is 14.0. The summed E-state index contributed by atoms with van der Waals surface area (Å²) < 4.78 is 0. The van der Waals surface area contributed by atoms with Crippen molar-refractivity contribution in [3.8, 4) is 0 Å². The first-order chi connectivity index (χ1) is 10.1. The number of nitrogens with one attached hydrogen (secondary N) is 1. The maximum absolute atomic E-state index is 4.33. The summed E-state index contributed by atoms with van der Waals surface area (Å²) in [5, 5.41) is 3.43. The first-order valence-corrected chi connectivity index (χ1v) is 7.76. The van der Waals surface area contributed by atoms with Crippen LogP contribution in [0.2, 0.25) is 0 Å². The fourth-order valence-electron chi connectivity index (χ4n) is 2.17. The lowest BCUT2D eigenvalue weighted by Crippen LogP contribution is -2.40. The Morgan fingerprint density at radius 1 is 1.14 bits per heavy atom. The van der Waals surface area contributed by atoms with Crippen molar-refractivity contribution in [1.29, 1.82) is 0 Å². The zero-order chi connectivity index (χ0) is 15.7. The molecular formula is C17H31IN4. The fourth-order valence-corrected chi connectivity index (χ4v) is 2.17. The number of unbranched alkanes of at least 4 members (excludes halogenated alkanes) is 1. The van der Waals surface area contributed by atoms with Crippen LogP contribution in [0, 0.1) is 0 Å². The SMILES string of the molecule is CCCCN(C)C(=NC)NCCc1ccc(N(C)C)cc1.I. The van der Waals surface area contributed by atoms with Gasteiger partial charge in [-0.25, -0.2) is 0 Å². The van der Waals surface area contributed by atoms with E-state index >= 15 is 0 Å². The van der Waals surface area contributed by atoms with E-state index in [0.717, 1.165) is 25.5 Å². The molecule has 0 radical (unpaired) electrons. The number of guanidine groups is 1. The van der Waals surface area contributed by atoms with E-state index in [2.05, 4.69) is 72.4 Å². The summed E-state index contributed by atoms with van der Waals surface area (Å²) in [6, 6.07) is 8.72. The molecule has 0 bridgehead atoms. The van der Waals surface area contributed by atoms with Crippen molar-refractivity contribution in [2.75, 3.05) is 46.2 Å². The summed E-state index contributed by atoms with van der Waals surface area (Å²) in [5.41, 5.74) is 2.58. The van der Waals surface area contributed by atoms with Gasteiger partial charge >= 0.3 is 0 Å². The lowest BCUT2D eigenvalue weighted by molar-refractivity contribution is 0.465. The number of rotatable bonds is 7. The molecule has 5 heteroatoms. The smallest absolute Gasteiger partial charge is 0.193 e. The minimum absolute atomic E-state index is 0. The van der Waals surface area contributed by atoms with E-state index < -0.39 is 0 Å². The van der Waals surface area contributed by atoms with Crippen LogP contribution in [0.5, 0.6) is 0 Å². The molecule has 0 aliphatic heterocycles. The van der Waals surface area contributed by atoms with Crippen LogP contribution in [0.1, 0.15) is 25.3 Å². The molecule has 0 fully saturated rings. The molecule has 1 N–H and O–H groups in total. The van der Waals surface area contributed by atoms with Crippen molar-refractivity contribution < 1.29 is 0 Å². The summed E-state index contributed by atoms with van der Waals surface area (Å²) in [5.74, 6) is 0.980. The molecule has 0 aliphatic carbocycles. The van der Waals surface area contributed by atoms with Gasteiger partial charge in [-0.3, -0.25) is 4.99 Å². The van der Waals surface area contributed by atoms with Gasteiger partial charge in [0, 0.05) is 47.0 Å². The number of hydrogen-bond donors (Lipinski definition) is 1. The number of halogens is 1. The minimum Gasteiger partial charge on any atom is -0.378 e. The number of anilines is 1. The molecule has 22 heavy (non-hydrogen) atoms. The van der Waals surface area contributed by atoms with Crippen molar-refractivity contribution in [2.24, 2.45) is 4.99 Å². The molecule has 0 spiro atoms. The maximum Gasteiger partial charge on any atom is 0.193 e. The Balaban J connectivity index is 0.00000441. The monoisotopic (exact) mass is 418 g/mol.